The highest BCUT2D eigenvalue weighted by molar-refractivity contribution is 8.16. The van der Waals surface area contributed by atoms with Crippen LogP contribution >= 0.6 is 10.5 Å². The van der Waals surface area contributed by atoms with Gasteiger partial charge in [0.25, 0.3) is 0 Å². The summed E-state index contributed by atoms with van der Waals surface area (Å²) in [5.41, 5.74) is 1.51. The van der Waals surface area contributed by atoms with Crippen molar-refractivity contribution >= 4 is 15.3 Å². The lowest BCUT2D eigenvalue weighted by atomic mass is 10.0. The van der Waals surface area contributed by atoms with Gasteiger partial charge in [0.2, 0.25) is 0 Å². The van der Waals surface area contributed by atoms with E-state index >= 15 is 0 Å². The number of nitriles is 2. The molecule has 0 unspecified atom stereocenters. The van der Waals surface area contributed by atoms with Gasteiger partial charge in [0, 0.05) is 0 Å². The fraction of sp³-hybridized carbons (Fsp3) is 0.643. The van der Waals surface area contributed by atoms with Gasteiger partial charge in [-0.2, -0.15) is 21.0 Å². The van der Waals surface area contributed by atoms with Crippen molar-refractivity contribution in [2.75, 3.05) is 11.5 Å². The lowest BCUT2D eigenvalue weighted by Crippen LogP contribution is -2.05. The lowest BCUT2D eigenvalue weighted by Gasteiger charge is -2.13. The van der Waals surface area contributed by atoms with Gasteiger partial charge in [0.1, 0.15) is 17.7 Å². The number of hydrogen-bond donors (Lipinski definition) is 0. The molecule has 17 heavy (non-hydrogen) atoms. The standard InChI is InChI=1S/C14H18N2S/c15-10-12(11-16)13-6-2-1-3-7-14(13)17-8-4-5-9-17/h1-9H2. The van der Waals surface area contributed by atoms with Crippen molar-refractivity contribution in [2.45, 2.75) is 44.9 Å². The monoisotopic (exact) mass is 246 g/mol. The minimum atomic E-state index is 0.378. The molecule has 1 heterocycles. The maximum Gasteiger partial charge on any atom is 0.133 e. The van der Waals surface area contributed by atoms with E-state index in [1.807, 2.05) is 0 Å². The SMILES string of the molecule is N#CC(C#N)=C1CCCCCC1=S1CCCC1. The fourth-order valence-electron chi connectivity index (χ4n) is 2.70. The van der Waals surface area contributed by atoms with Gasteiger partial charge in [-0.15, -0.1) is 0 Å². The normalized spacial score (nSPS) is 21.8. The molecular weight excluding hydrogens is 228 g/mol. The minimum Gasteiger partial charge on any atom is -0.192 e. The van der Waals surface area contributed by atoms with E-state index in [9.17, 15) is 0 Å². The Hall–Kier alpha value is -1.06. The maximum atomic E-state index is 9.09. The molecule has 0 spiro atoms. The van der Waals surface area contributed by atoms with Crippen LogP contribution in [0.3, 0.4) is 0 Å². The highest BCUT2D eigenvalue weighted by Gasteiger charge is 2.20. The molecule has 0 atom stereocenters. The second-order valence-corrected chi connectivity index (χ2v) is 6.96. The van der Waals surface area contributed by atoms with Crippen molar-refractivity contribution < 1.29 is 0 Å². The first kappa shape index (κ1) is 12.4. The molecule has 1 aliphatic carbocycles. The van der Waals surface area contributed by atoms with Crippen molar-refractivity contribution in [3.63, 3.8) is 0 Å². The third-order valence-corrected chi connectivity index (χ3v) is 6.28. The average molecular weight is 246 g/mol. The van der Waals surface area contributed by atoms with Crippen LogP contribution in [0, 0.1) is 22.7 Å². The van der Waals surface area contributed by atoms with Gasteiger partial charge in [0.15, 0.2) is 0 Å². The number of allylic oxidation sites excluding steroid dienone is 2. The van der Waals surface area contributed by atoms with Crippen molar-refractivity contribution in [3.05, 3.63) is 11.1 Å². The van der Waals surface area contributed by atoms with E-state index in [-0.39, 0.29) is 0 Å². The van der Waals surface area contributed by atoms with Crippen molar-refractivity contribution in [3.8, 4) is 12.1 Å². The van der Waals surface area contributed by atoms with Gasteiger partial charge >= 0.3 is 0 Å². The average Bonchev–Trinajstić information content (AvgIpc) is 2.77. The van der Waals surface area contributed by atoms with Crippen LogP contribution in [-0.2, 0) is 0 Å². The van der Waals surface area contributed by atoms with Crippen molar-refractivity contribution in [1.29, 1.82) is 10.5 Å². The summed E-state index contributed by atoms with van der Waals surface area (Å²) in [6.07, 6.45) is 8.37. The maximum absolute atomic E-state index is 9.09. The second kappa shape index (κ2) is 6.03. The summed E-state index contributed by atoms with van der Waals surface area (Å²) < 4.78 is 0. The lowest BCUT2D eigenvalue weighted by molar-refractivity contribution is 0.724. The van der Waals surface area contributed by atoms with Gasteiger partial charge in [0.05, 0.1) is 0 Å². The van der Waals surface area contributed by atoms with Gasteiger partial charge in [-0.05, 0) is 60.5 Å². The Morgan fingerprint density at radius 1 is 0.882 bits per heavy atom. The van der Waals surface area contributed by atoms with Crippen LogP contribution in [0.5, 0.6) is 0 Å². The number of nitrogens with zero attached hydrogens (tertiary/aromatic N) is 2. The van der Waals surface area contributed by atoms with Crippen LogP contribution in [0.25, 0.3) is 0 Å². The molecule has 1 saturated heterocycles. The molecule has 0 amide bonds. The van der Waals surface area contributed by atoms with Crippen molar-refractivity contribution in [1.82, 2.24) is 0 Å². The zero-order valence-electron chi connectivity index (χ0n) is 10.2. The van der Waals surface area contributed by atoms with Gasteiger partial charge < -0.3 is 0 Å². The molecule has 2 nitrogen and oxygen atoms in total. The molecule has 0 aromatic rings. The van der Waals surface area contributed by atoms with Crippen LogP contribution in [0.1, 0.15) is 44.9 Å². The first-order chi connectivity index (χ1) is 8.36. The molecule has 1 aliphatic heterocycles. The van der Waals surface area contributed by atoms with E-state index < -0.39 is 0 Å². The van der Waals surface area contributed by atoms with Crippen LogP contribution in [0.15, 0.2) is 11.1 Å². The predicted octanol–water partition coefficient (Wildman–Crippen LogP) is 3.53. The molecule has 0 aromatic carbocycles. The molecule has 0 radical (unpaired) electrons. The molecule has 2 rings (SSSR count). The Kier molecular flexibility index (Phi) is 4.40. The highest BCUT2D eigenvalue weighted by Crippen LogP contribution is 2.35. The Bertz CT molecular complexity index is 422. The molecule has 3 heteroatoms. The second-order valence-electron chi connectivity index (χ2n) is 4.67. The van der Waals surface area contributed by atoms with Crippen LogP contribution in [0.2, 0.25) is 0 Å². The predicted molar refractivity (Wildman–Crippen MR) is 72.9 cm³/mol. The van der Waals surface area contributed by atoms with E-state index in [0.717, 1.165) is 24.8 Å². The quantitative estimate of drug-likeness (QED) is 0.284. The molecule has 0 aromatic heterocycles. The summed E-state index contributed by atoms with van der Waals surface area (Å²) in [4.78, 5) is 1.48. The molecule has 0 N–H and O–H groups in total. The topological polar surface area (TPSA) is 47.6 Å². The highest BCUT2D eigenvalue weighted by atomic mass is 32.2. The Morgan fingerprint density at radius 3 is 2.18 bits per heavy atom. The smallest absolute Gasteiger partial charge is 0.133 e. The fourth-order valence-corrected chi connectivity index (χ4v) is 5.49. The zero-order chi connectivity index (χ0) is 12.1. The van der Waals surface area contributed by atoms with Crippen LogP contribution < -0.4 is 0 Å². The Labute approximate surface area is 106 Å². The Balaban J connectivity index is 2.45. The third-order valence-electron chi connectivity index (χ3n) is 3.57. The molecule has 2 aliphatic rings. The zero-order valence-corrected chi connectivity index (χ0v) is 11.0. The van der Waals surface area contributed by atoms with E-state index in [0.29, 0.717) is 16.1 Å². The van der Waals surface area contributed by atoms with Gasteiger partial charge in [-0.25, -0.2) is 0 Å². The van der Waals surface area contributed by atoms with E-state index in [1.165, 1.54) is 42.1 Å². The molecule has 2 fully saturated rings. The number of rotatable bonds is 0. The summed E-state index contributed by atoms with van der Waals surface area (Å²) >= 11 is 0. The van der Waals surface area contributed by atoms with Crippen molar-refractivity contribution in [2.24, 2.45) is 0 Å². The largest absolute Gasteiger partial charge is 0.192 e. The molecule has 1 saturated carbocycles. The molecule has 0 bridgehead atoms. The molecule has 90 valence electrons. The minimum absolute atomic E-state index is 0.378. The summed E-state index contributed by atoms with van der Waals surface area (Å²) in [5.74, 6) is 2.59. The summed E-state index contributed by atoms with van der Waals surface area (Å²) in [7, 11) is 0.378. The number of hydrogen-bond acceptors (Lipinski definition) is 2. The molecular formula is C14H18N2S. The summed E-state index contributed by atoms with van der Waals surface area (Å²) in [6.45, 7) is 0. The third kappa shape index (κ3) is 2.79. The van der Waals surface area contributed by atoms with Crippen LogP contribution in [-0.4, -0.2) is 16.4 Å². The first-order valence-corrected chi connectivity index (χ1v) is 8.00. The van der Waals surface area contributed by atoms with E-state index in [2.05, 4.69) is 12.1 Å². The Morgan fingerprint density at radius 2 is 1.53 bits per heavy atom. The van der Waals surface area contributed by atoms with E-state index in [1.54, 1.807) is 0 Å². The van der Waals surface area contributed by atoms with Gasteiger partial charge in [-0.3, -0.25) is 0 Å². The van der Waals surface area contributed by atoms with Gasteiger partial charge in [-0.1, -0.05) is 6.42 Å². The first-order valence-electron chi connectivity index (χ1n) is 6.44. The summed E-state index contributed by atoms with van der Waals surface area (Å²) in [5, 5.41) is 18.2. The van der Waals surface area contributed by atoms with Crippen LogP contribution in [0.4, 0.5) is 0 Å². The van der Waals surface area contributed by atoms with E-state index in [4.69, 9.17) is 10.5 Å². The summed E-state index contributed by atoms with van der Waals surface area (Å²) in [6, 6.07) is 4.21.